The lowest BCUT2D eigenvalue weighted by molar-refractivity contribution is -0.125. The number of benzene rings is 1. The Labute approximate surface area is 121 Å². The largest absolute Gasteiger partial charge is 0.353 e. The lowest BCUT2D eigenvalue weighted by Crippen LogP contribution is -2.41. The van der Waals surface area contributed by atoms with Crippen LogP contribution in [0.1, 0.15) is 38.7 Å². The van der Waals surface area contributed by atoms with E-state index < -0.39 is 0 Å². The molecule has 0 radical (unpaired) electrons. The summed E-state index contributed by atoms with van der Waals surface area (Å²) < 4.78 is 0. The van der Waals surface area contributed by atoms with Gasteiger partial charge in [-0.25, -0.2) is 0 Å². The predicted octanol–water partition coefficient (Wildman–Crippen LogP) is 2.50. The molecule has 0 saturated heterocycles. The summed E-state index contributed by atoms with van der Waals surface area (Å²) in [6.07, 6.45) is 4.06. The van der Waals surface area contributed by atoms with Gasteiger partial charge in [-0.1, -0.05) is 44.2 Å². The molecule has 110 valence electrons. The Kier molecular flexibility index (Phi) is 4.81. The van der Waals surface area contributed by atoms with Gasteiger partial charge in [-0.3, -0.25) is 4.79 Å². The van der Waals surface area contributed by atoms with Crippen LogP contribution in [0.25, 0.3) is 0 Å². The van der Waals surface area contributed by atoms with E-state index in [4.69, 9.17) is 5.73 Å². The Morgan fingerprint density at radius 1 is 1.40 bits per heavy atom. The van der Waals surface area contributed by atoms with Gasteiger partial charge in [0.15, 0.2) is 0 Å². The Balaban J connectivity index is 1.89. The lowest BCUT2D eigenvalue weighted by atomic mass is 9.91. The molecule has 3 nitrogen and oxygen atoms in total. The first-order chi connectivity index (χ1) is 9.50. The van der Waals surface area contributed by atoms with E-state index in [-0.39, 0.29) is 11.8 Å². The molecule has 2 atom stereocenters. The number of nitrogens with two attached hydrogens (primary N) is 1. The smallest absolute Gasteiger partial charge is 0.224 e. The molecule has 1 aromatic rings. The van der Waals surface area contributed by atoms with Crippen molar-refractivity contribution in [2.45, 2.75) is 45.6 Å². The van der Waals surface area contributed by atoms with Gasteiger partial charge in [0.25, 0.3) is 0 Å². The van der Waals surface area contributed by atoms with Gasteiger partial charge in [0.1, 0.15) is 0 Å². The summed E-state index contributed by atoms with van der Waals surface area (Å²) in [6, 6.07) is 10.4. The van der Waals surface area contributed by atoms with E-state index in [1.165, 1.54) is 12.0 Å². The van der Waals surface area contributed by atoms with E-state index in [0.717, 1.165) is 19.3 Å². The predicted molar refractivity (Wildman–Crippen MR) is 82.3 cm³/mol. The van der Waals surface area contributed by atoms with Crippen molar-refractivity contribution in [3.8, 4) is 0 Å². The standard InChI is InChI=1S/C17H26N2O/c1-17(2)9-8-15(11-17)19-16(20)14(12-18)10-13-6-4-3-5-7-13/h3-7,14-15H,8-12,18H2,1-2H3,(H,19,20). The molecule has 3 heteroatoms. The highest BCUT2D eigenvalue weighted by atomic mass is 16.1. The fourth-order valence-electron chi connectivity index (χ4n) is 3.06. The van der Waals surface area contributed by atoms with Crippen molar-refractivity contribution in [1.29, 1.82) is 0 Å². The molecular formula is C17H26N2O. The molecule has 1 amide bonds. The van der Waals surface area contributed by atoms with E-state index in [9.17, 15) is 4.79 Å². The molecule has 0 spiro atoms. The van der Waals surface area contributed by atoms with E-state index in [0.29, 0.717) is 18.0 Å². The molecule has 0 aliphatic heterocycles. The van der Waals surface area contributed by atoms with Gasteiger partial charge >= 0.3 is 0 Å². The number of hydrogen-bond donors (Lipinski definition) is 2. The average molecular weight is 274 g/mol. The highest BCUT2D eigenvalue weighted by Crippen LogP contribution is 2.36. The normalized spacial score (nSPS) is 22.4. The summed E-state index contributed by atoms with van der Waals surface area (Å²) in [5.41, 5.74) is 7.32. The summed E-state index contributed by atoms with van der Waals surface area (Å²) in [5.74, 6) is -0.0137. The minimum absolute atomic E-state index is 0.110. The number of carbonyl (C=O) groups is 1. The zero-order valence-electron chi connectivity index (χ0n) is 12.6. The van der Waals surface area contributed by atoms with Crippen LogP contribution in [0.15, 0.2) is 30.3 Å². The van der Waals surface area contributed by atoms with Crippen molar-refractivity contribution in [3.63, 3.8) is 0 Å². The number of rotatable bonds is 5. The Morgan fingerprint density at radius 3 is 2.65 bits per heavy atom. The summed E-state index contributed by atoms with van der Waals surface area (Å²) in [5, 5.41) is 3.19. The van der Waals surface area contributed by atoms with E-state index in [1.54, 1.807) is 0 Å². The maximum atomic E-state index is 12.4. The van der Waals surface area contributed by atoms with E-state index in [2.05, 4.69) is 31.3 Å². The van der Waals surface area contributed by atoms with Crippen LogP contribution in [0.3, 0.4) is 0 Å². The molecule has 20 heavy (non-hydrogen) atoms. The quantitative estimate of drug-likeness (QED) is 0.866. The van der Waals surface area contributed by atoms with Crippen molar-refractivity contribution in [2.24, 2.45) is 17.1 Å². The van der Waals surface area contributed by atoms with Crippen LogP contribution in [-0.2, 0) is 11.2 Å². The average Bonchev–Trinajstić information content (AvgIpc) is 2.76. The number of nitrogens with one attached hydrogen (secondary N) is 1. The Hall–Kier alpha value is -1.35. The van der Waals surface area contributed by atoms with Crippen LogP contribution >= 0.6 is 0 Å². The molecular weight excluding hydrogens is 248 g/mol. The molecule has 1 aliphatic rings. The van der Waals surface area contributed by atoms with E-state index >= 15 is 0 Å². The first kappa shape index (κ1) is 15.0. The van der Waals surface area contributed by atoms with Crippen LogP contribution in [0.2, 0.25) is 0 Å². The lowest BCUT2D eigenvalue weighted by Gasteiger charge is -2.21. The number of carbonyl (C=O) groups excluding carboxylic acids is 1. The zero-order chi connectivity index (χ0) is 14.6. The van der Waals surface area contributed by atoms with Gasteiger partial charge in [-0.15, -0.1) is 0 Å². The van der Waals surface area contributed by atoms with Gasteiger partial charge in [0.05, 0.1) is 5.92 Å². The minimum atomic E-state index is -0.124. The monoisotopic (exact) mass is 274 g/mol. The third-order valence-electron chi connectivity index (χ3n) is 4.30. The molecule has 1 aliphatic carbocycles. The second-order valence-corrected chi connectivity index (χ2v) is 6.73. The number of amides is 1. The second kappa shape index (κ2) is 6.40. The topological polar surface area (TPSA) is 55.1 Å². The van der Waals surface area contributed by atoms with Crippen LogP contribution in [-0.4, -0.2) is 18.5 Å². The SMILES string of the molecule is CC1(C)CCC(NC(=O)C(CN)Cc2ccccc2)C1. The van der Waals surface area contributed by atoms with Gasteiger partial charge in [-0.05, 0) is 36.7 Å². The zero-order valence-corrected chi connectivity index (χ0v) is 12.6. The molecule has 0 bridgehead atoms. The molecule has 1 fully saturated rings. The summed E-state index contributed by atoms with van der Waals surface area (Å²) in [4.78, 5) is 12.4. The van der Waals surface area contributed by atoms with Crippen LogP contribution in [0, 0.1) is 11.3 Å². The first-order valence-electron chi connectivity index (χ1n) is 7.54. The molecule has 1 aromatic carbocycles. The van der Waals surface area contributed by atoms with Crippen molar-refractivity contribution in [1.82, 2.24) is 5.32 Å². The third kappa shape index (κ3) is 4.07. The summed E-state index contributed by atoms with van der Waals surface area (Å²) >= 11 is 0. The summed E-state index contributed by atoms with van der Waals surface area (Å²) in [6.45, 7) is 4.93. The highest BCUT2D eigenvalue weighted by molar-refractivity contribution is 5.79. The summed E-state index contributed by atoms with van der Waals surface area (Å²) in [7, 11) is 0. The molecule has 3 N–H and O–H groups in total. The highest BCUT2D eigenvalue weighted by Gasteiger charge is 2.32. The van der Waals surface area contributed by atoms with Crippen molar-refractivity contribution >= 4 is 5.91 Å². The number of hydrogen-bond acceptors (Lipinski definition) is 2. The molecule has 1 saturated carbocycles. The molecule has 0 heterocycles. The minimum Gasteiger partial charge on any atom is -0.353 e. The maximum Gasteiger partial charge on any atom is 0.224 e. The Morgan fingerprint density at radius 2 is 2.10 bits per heavy atom. The van der Waals surface area contributed by atoms with E-state index in [1.807, 2.05) is 18.2 Å². The van der Waals surface area contributed by atoms with Gasteiger partial charge in [0, 0.05) is 12.6 Å². The van der Waals surface area contributed by atoms with Crippen molar-refractivity contribution < 1.29 is 4.79 Å². The van der Waals surface area contributed by atoms with Crippen molar-refractivity contribution in [2.75, 3.05) is 6.54 Å². The second-order valence-electron chi connectivity index (χ2n) is 6.73. The molecule has 2 rings (SSSR count). The van der Waals surface area contributed by atoms with Gasteiger partial charge in [0.2, 0.25) is 5.91 Å². The van der Waals surface area contributed by atoms with Gasteiger partial charge < -0.3 is 11.1 Å². The van der Waals surface area contributed by atoms with Crippen LogP contribution < -0.4 is 11.1 Å². The van der Waals surface area contributed by atoms with Crippen LogP contribution in [0.5, 0.6) is 0 Å². The van der Waals surface area contributed by atoms with Crippen LogP contribution in [0.4, 0.5) is 0 Å². The molecule has 0 aromatic heterocycles. The van der Waals surface area contributed by atoms with Gasteiger partial charge in [-0.2, -0.15) is 0 Å². The first-order valence-corrected chi connectivity index (χ1v) is 7.54. The third-order valence-corrected chi connectivity index (χ3v) is 4.30. The van der Waals surface area contributed by atoms with Crippen molar-refractivity contribution in [3.05, 3.63) is 35.9 Å². The fraction of sp³-hybridized carbons (Fsp3) is 0.588. The Bertz CT molecular complexity index is 442. The fourth-order valence-corrected chi connectivity index (χ4v) is 3.06. The maximum absolute atomic E-state index is 12.4. The molecule has 2 unspecified atom stereocenters.